The molecular weight excluding hydrogens is 396 g/mol. The van der Waals surface area contributed by atoms with Crippen LogP contribution in [0.25, 0.3) is 0 Å². The van der Waals surface area contributed by atoms with Crippen molar-refractivity contribution in [2.24, 2.45) is 29.6 Å². The quantitative estimate of drug-likeness (QED) is 0.558. The van der Waals surface area contributed by atoms with Gasteiger partial charge in [-0.1, -0.05) is 19.9 Å². The molecule has 1 aromatic carbocycles. The van der Waals surface area contributed by atoms with E-state index in [0.29, 0.717) is 5.69 Å². The molecule has 2 aliphatic carbocycles. The Hall–Kier alpha value is -2.70. The molecule has 3 aliphatic rings. The van der Waals surface area contributed by atoms with Crippen LogP contribution in [-0.2, 0) is 23.9 Å². The first-order valence-electron chi connectivity index (χ1n) is 11.1. The van der Waals surface area contributed by atoms with Gasteiger partial charge in [0.25, 0.3) is 5.91 Å². The second-order valence-electron chi connectivity index (χ2n) is 9.65. The molecule has 0 spiro atoms. The molecule has 1 N–H and O–H groups in total. The van der Waals surface area contributed by atoms with E-state index >= 15 is 0 Å². The summed E-state index contributed by atoms with van der Waals surface area (Å²) in [5.41, 5.74) is 2.66. The van der Waals surface area contributed by atoms with E-state index in [9.17, 15) is 19.2 Å². The highest BCUT2D eigenvalue weighted by molar-refractivity contribution is 6.08. The number of esters is 1. The van der Waals surface area contributed by atoms with Crippen LogP contribution in [0.4, 0.5) is 5.69 Å². The fourth-order valence-corrected chi connectivity index (χ4v) is 5.85. The van der Waals surface area contributed by atoms with E-state index in [-0.39, 0.29) is 41.4 Å². The van der Waals surface area contributed by atoms with E-state index in [4.69, 9.17) is 4.74 Å². The number of amides is 3. The highest BCUT2D eigenvalue weighted by atomic mass is 16.5. The highest BCUT2D eigenvalue weighted by Gasteiger charge is 2.62. The highest BCUT2D eigenvalue weighted by Crippen LogP contribution is 2.56. The fraction of sp³-hybridized carbons (Fsp3) is 0.583. The van der Waals surface area contributed by atoms with Crippen molar-refractivity contribution in [2.45, 2.75) is 53.0 Å². The first kappa shape index (κ1) is 21.5. The van der Waals surface area contributed by atoms with Gasteiger partial charge in [0.1, 0.15) is 6.04 Å². The molecule has 5 atom stereocenters. The molecule has 1 aliphatic heterocycles. The molecular formula is C24H30N2O5. The van der Waals surface area contributed by atoms with Gasteiger partial charge in [0.15, 0.2) is 6.61 Å². The zero-order valence-electron chi connectivity index (χ0n) is 18.5. The predicted molar refractivity (Wildman–Crippen MR) is 114 cm³/mol. The number of ether oxygens (including phenoxy) is 1. The van der Waals surface area contributed by atoms with Crippen molar-refractivity contribution >= 4 is 29.4 Å². The fourth-order valence-electron chi connectivity index (χ4n) is 5.85. The minimum absolute atomic E-state index is 0.238. The molecule has 7 nitrogen and oxygen atoms in total. The lowest BCUT2D eigenvalue weighted by molar-refractivity contribution is -0.162. The van der Waals surface area contributed by atoms with Crippen LogP contribution < -0.4 is 5.32 Å². The molecule has 3 amide bonds. The number of nitrogens with one attached hydrogen (secondary N) is 1. The van der Waals surface area contributed by atoms with Crippen molar-refractivity contribution in [1.82, 2.24) is 4.90 Å². The van der Waals surface area contributed by atoms with Gasteiger partial charge >= 0.3 is 5.97 Å². The zero-order chi connectivity index (χ0) is 22.4. The van der Waals surface area contributed by atoms with Crippen molar-refractivity contribution in [2.75, 3.05) is 11.9 Å². The second-order valence-corrected chi connectivity index (χ2v) is 9.65. The number of hydrogen-bond donors (Lipinski definition) is 1. The number of hydrogen-bond acceptors (Lipinski definition) is 5. The lowest BCUT2D eigenvalue weighted by Crippen LogP contribution is -2.50. The maximum absolute atomic E-state index is 13.1. The van der Waals surface area contributed by atoms with Crippen molar-refractivity contribution in [1.29, 1.82) is 0 Å². The minimum Gasteiger partial charge on any atom is -0.454 e. The summed E-state index contributed by atoms with van der Waals surface area (Å²) in [4.78, 5) is 52.5. The first-order chi connectivity index (χ1) is 14.7. The molecule has 1 saturated heterocycles. The molecule has 166 valence electrons. The standard InChI is InChI=1S/C24H30N2O5/c1-12(2)21(26-22(28)19-15-5-6-16(10-15)20(19)23(26)29)24(30)31-11-18(27)25-17-8-13(3)7-14(4)9-17/h7-9,12,15-16,19-21H,5-6,10-11H2,1-4H3,(H,25,27)/t15-,16-,19+,20+,21+/m1/s1. The third-order valence-corrected chi connectivity index (χ3v) is 6.96. The van der Waals surface area contributed by atoms with E-state index in [1.807, 2.05) is 32.0 Å². The van der Waals surface area contributed by atoms with Crippen molar-refractivity contribution < 1.29 is 23.9 Å². The maximum Gasteiger partial charge on any atom is 0.330 e. The van der Waals surface area contributed by atoms with Crippen molar-refractivity contribution in [3.63, 3.8) is 0 Å². The average molecular weight is 427 g/mol. The molecule has 1 heterocycles. The number of carbonyl (C=O) groups excluding carboxylic acids is 4. The lowest BCUT2D eigenvalue weighted by Gasteiger charge is -2.28. The Morgan fingerprint density at radius 1 is 1.03 bits per heavy atom. The average Bonchev–Trinajstić information content (AvgIpc) is 3.35. The van der Waals surface area contributed by atoms with Crippen LogP contribution in [0.2, 0.25) is 0 Å². The maximum atomic E-state index is 13.1. The Kier molecular flexibility index (Phi) is 5.62. The zero-order valence-corrected chi connectivity index (χ0v) is 18.5. The second kappa shape index (κ2) is 8.09. The van der Waals surface area contributed by atoms with Gasteiger partial charge in [-0.2, -0.15) is 0 Å². The van der Waals surface area contributed by atoms with Crippen LogP contribution in [0.3, 0.4) is 0 Å². The van der Waals surface area contributed by atoms with Crippen LogP contribution in [0.5, 0.6) is 0 Å². The summed E-state index contributed by atoms with van der Waals surface area (Å²) in [6, 6.07) is 4.66. The molecule has 7 heteroatoms. The molecule has 2 saturated carbocycles. The Balaban J connectivity index is 1.42. The van der Waals surface area contributed by atoms with E-state index < -0.39 is 24.5 Å². The van der Waals surface area contributed by atoms with Gasteiger partial charge in [0, 0.05) is 5.69 Å². The Morgan fingerprint density at radius 3 is 2.10 bits per heavy atom. The minimum atomic E-state index is -1.00. The molecule has 3 fully saturated rings. The molecule has 31 heavy (non-hydrogen) atoms. The molecule has 0 radical (unpaired) electrons. The van der Waals surface area contributed by atoms with Gasteiger partial charge in [-0.3, -0.25) is 19.3 Å². The number of anilines is 1. The van der Waals surface area contributed by atoms with Crippen LogP contribution >= 0.6 is 0 Å². The summed E-state index contributed by atoms with van der Waals surface area (Å²) >= 11 is 0. The van der Waals surface area contributed by atoms with Crippen LogP contribution in [-0.4, -0.2) is 41.2 Å². The SMILES string of the molecule is Cc1cc(C)cc(NC(=O)COC(=O)[C@H](C(C)C)N2C(=O)[C@H]3[C@@H]4CC[C@H](C4)[C@@H]3C2=O)c1. The van der Waals surface area contributed by atoms with Gasteiger partial charge in [-0.25, -0.2) is 4.79 Å². The third-order valence-electron chi connectivity index (χ3n) is 6.96. The van der Waals surface area contributed by atoms with Crippen LogP contribution in [0.1, 0.15) is 44.2 Å². The van der Waals surface area contributed by atoms with E-state index in [0.717, 1.165) is 35.3 Å². The normalized spacial score (nSPS) is 27.6. The van der Waals surface area contributed by atoms with Gasteiger partial charge in [0.05, 0.1) is 11.8 Å². The van der Waals surface area contributed by atoms with E-state index in [1.54, 1.807) is 13.8 Å². The van der Waals surface area contributed by atoms with E-state index in [1.165, 1.54) is 0 Å². The lowest BCUT2D eigenvalue weighted by atomic mass is 9.81. The van der Waals surface area contributed by atoms with Gasteiger partial charge in [-0.05, 0) is 74.1 Å². The monoisotopic (exact) mass is 426 g/mol. The first-order valence-corrected chi connectivity index (χ1v) is 11.1. The van der Waals surface area contributed by atoms with Crippen molar-refractivity contribution in [3.05, 3.63) is 29.3 Å². The number of nitrogens with zero attached hydrogens (tertiary/aromatic N) is 1. The van der Waals surface area contributed by atoms with Gasteiger partial charge in [-0.15, -0.1) is 0 Å². The number of carbonyl (C=O) groups is 4. The number of rotatable bonds is 6. The van der Waals surface area contributed by atoms with Gasteiger partial charge in [0.2, 0.25) is 11.8 Å². The Labute approximate surface area is 182 Å². The largest absolute Gasteiger partial charge is 0.454 e. The molecule has 2 bridgehead atoms. The summed E-state index contributed by atoms with van der Waals surface area (Å²) in [6.07, 6.45) is 2.90. The Bertz CT molecular complexity index is 892. The number of likely N-dealkylation sites (tertiary alicyclic amines) is 1. The number of benzene rings is 1. The van der Waals surface area contributed by atoms with E-state index in [2.05, 4.69) is 5.32 Å². The summed E-state index contributed by atoms with van der Waals surface area (Å²) in [7, 11) is 0. The Morgan fingerprint density at radius 2 is 1.58 bits per heavy atom. The topological polar surface area (TPSA) is 92.8 Å². The van der Waals surface area contributed by atoms with Crippen LogP contribution in [0.15, 0.2) is 18.2 Å². The predicted octanol–water partition coefficient (Wildman–Crippen LogP) is 2.84. The number of fused-ring (bicyclic) bond motifs is 5. The van der Waals surface area contributed by atoms with Crippen molar-refractivity contribution in [3.8, 4) is 0 Å². The number of aryl methyl sites for hydroxylation is 2. The molecule has 0 unspecified atom stereocenters. The van der Waals surface area contributed by atoms with Gasteiger partial charge < -0.3 is 10.1 Å². The smallest absolute Gasteiger partial charge is 0.330 e. The summed E-state index contributed by atoms with van der Waals surface area (Å²) < 4.78 is 5.26. The number of imide groups is 1. The molecule has 1 aromatic rings. The summed E-state index contributed by atoms with van der Waals surface area (Å²) in [5.74, 6) is -2.02. The van der Waals surface area contributed by atoms with Crippen LogP contribution in [0, 0.1) is 43.4 Å². The molecule has 4 rings (SSSR count). The molecule has 0 aromatic heterocycles. The summed E-state index contributed by atoms with van der Waals surface area (Å²) in [6.45, 7) is 6.96. The summed E-state index contributed by atoms with van der Waals surface area (Å²) in [5, 5.41) is 2.72. The third kappa shape index (κ3) is 3.86.